The van der Waals surface area contributed by atoms with Crippen LogP contribution in [0.25, 0.3) is 0 Å². The van der Waals surface area contributed by atoms with Crippen molar-refractivity contribution in [2.24, 2.45) is 0 Å². The van der Waals surface area contributed by atoms with Crippen molar-refractivity contribution >= 4 is 33.3 Å². The standard InChI is InChI=1S/C47H75F7O3Si2/c1-9-10-11-12-13-14-15-16-17-18-19-22-27-40(57-59(44(6,7)8,42-28-23-20-24-29-42)43-30-25-21-26-31-43)32-33-41(34-36-55)56-58(38(2)3,39(4)5)37-35-45(48,49)46(50,51)47(52,53)54/h20-21,23-26,28-31,36,38-41H,9-19,22,27,32-35,37H2,1-8H3. The molecular weight excluding hydrogens is 802 g/mol. The van der Waals surface area contributed by atoms with Crippen LogP contribution in [-0.4, -0.2) is 53.2 Å². The number of hydrogen-bond donors (Lipinski definition) is 0. The van der Waals surface area contributed by atoms with Crippen LogP contribution in [0.15, 0.2) is 60.7 Å². The van der Waals surface area contributed by atoms with Crippen LogP contribution in [-0.2, 0) is 13.6 Å². The number of halogens is 7. The van der Waals surface area contributed by atoms with Crippen molar-refractivity contribution in [3.8, 4) is 0 Å². The second-order valence-corrected chi connectivity index (χ2v) is 27.5. The SMILES string of the molecule is CCCCCCCCCCCCCCC(CCC(CC=O)O[Si](CCC(F)(F)C(F)(F)C(F)(F)F)(C(C)C)C(C)C)O[Si](c1ccccc1)(c1ccccc1)C(C)(C)C. The highest BCUT2D eigenvalue weighted by Gasteiger charge is 2.72. The molecule has 0 aliphatic heterocycles. The number of hydrogen-bond acceptors (Lipinski definition) is 3. The zero-order valence-corrected chi connectivity index (χ0v) is 39.3. The molecule has 0 aliphatic carbocycles. The van der Waals surface area contributed by atoms with Gasteiger partial charge in [0.05, 0.1) is 6.10 Å². The average molecular weight is 877 g/mol. The Morgan fingerprint density at radius 3 is 1.41 bits per heavy atom. The molecule has 0 amide bonds. The van der Waals surface area contributed by atoms with Gasteiger partial charge in [-0.3, -0.25) is 0 Å². The largest absolute Gasteiger partial charge is 0.459 e. The molecule has 59 heavy (non-hydrogen) atoms. The van der Waals surface area contributed by atoms with E-state index in [-0.39, 0.29) is 17.6 Å². The number of benzene rings is 2. The molecule has 2 rings (SSSR count). The number of unbranched alkanes of at least 4 members (excludes halogenated alkanes) is 11. The van der Waals surface area contributed by atoms with E-state index < -0.39 is 64.3 Å². The van der Waals surface area contributed by atoms with Crippen molar-refractivity contribution in [2.75, 3.05) is 0 Å². The fraction of sp³-hybridized carbons (Fsp3) is 0.723. The van der Waals surface area contributed by atoms with Crippen molar-refractivity contribution in [3.05, 3.63) is 60.7 Å². The van der Waals surface area contributed by atoms with Gasteiger partial charge in [0.15, 0.2) is 8.32 Å². The predicted molar refractivity (Wildman–Crippen MR) is 234 cm³/mol. The van der Waals surface area contributed by atoms with Gasteiger partial charge in [0.1, 0.15) is 6.29 Å². The summed E-state index contributed by atoms with van der Waals surface area (Å²) in [6.07, 6.45) is 7.67. The second kappa shape index (κ2) is 24.6. The summed E-state index contributed by atoms with van der Waals surface area (Å²) in [6.45, 7) is 15.8. The zero-order chi connectivity index (χ0) is 44.4. The molecule has 0 N–H and O–H groups in total. The van der Waals surface area contributed by atoms with Gasteiger partial charge >= 0.3 is 18.0 Å². The monoisotopic (exact) mass is 877 g/mol. The first kappa shape index (κ1) is 53.1. The summed E-state index contributed by atoms with van der Waals surface area (Å²) >= 11 is 0. The second-order valence-electron chi connectivity index (χ2n) is 18.3. The first-order valence-corrected chi connectivity index (χ1v) is 26.5. The Hall–Kier alpha value is -2.03. The highest BCUT2D eigenvalue weighted by Crippen LogP contribution is 2.51. The van der Waals surface area contributed by atoms with E-state index in [1.54, 1.807) is 27.7 Å². The molecule has 0 heterocycles. The lowest BCUT2D eigenvalue weighted by atomic mass is 10.0. The van der Waals surface area contributed by atoms with Gasteiger partial charge in [-0.1, -0.05) is 193 Å². The Balaban J connectivity index is 2.42. The molecule has 338 valence electrons. The molecular formula is C47H75F7O3Si2. The van der Waals surface area contributed by atoms with E-state index in [2.05, 4.69) is 52.0 Å². The average Bonchev–Trinajstić information content (AvgIpc) is 3.17. The summed E-state index contributed by atoms with van der Waals surface area (Å²) in [5.74, 6) is -11.5. The van der Waals surface area contributed by atoms with Gasteiger partial charge in [-0.05, 0) is 51.8 Å². The fourth-order valence-corrected chi connectivity index (χ4v) is 18.2. The van der Waals surface area contributed by atoms with Gasteiger partial charge < -0.3 is 13.6 Å². The molecule has 2 unspecified atom stereocenters. The summed E-state index contributed by atoms with van der Waals surface area (Å²) in [5, 5.41) is 1.95. The maximum absolute atomic E-state index is 14.8. The molecule has 0 saturated carbocycles. The molecule has 0 aromatic heterocycles. The minimum absolute atomic E-state index is 0.0617. The number of carbonyl (C=O) groups excluding carboxylic acids is 1. The van der Waals surface area contributed by atoms with Crippen molar-refractivity contribution < 1.29 is 44.4 Å². The van der Waals surface area contributed by atoms with E-state index >= 15 is 0 Å². The Bertz CT molecular complexity index is 1390. The number of aldehydes is 1. The third-order valence-corrected chi connectivity index (χ3v) is 23.1. The topological polar surface area (TPSA) is 35.5 Å². The Kier molecular flexibility index (Phi) is 22.1. The summed E-state index contributed by atoms with van der Waals surface area (Å²) in [6, 6.07) is 20.0. The van der Waals surface area contributed by atoms with Gasteiger partial charge in [-0.25, -0.2) is 0 Å². The van der Waals surface area contributed by atoms with Crippen molar-refractivity contribution in [1.29, 1.82) is 0 Å². The van der Waals surface area contributed by atoms with Gasteiger partial charge in [-0.2, -0.15) is 30.7 Å². The van der Waals surface area contributed by atoms with E-state index in [0.717, 1.165) is 36.1 Å². The van der Waals surface area contributed by atoms with Crippen LogP contribution in [0.1, 0.15) is 165 Å². The molecule has 3 nitrogen and oxygen atoms in total. The van der Waals surface area contributed by atoms with Gasteiger partial charge in [0, 0.05) is 18.9 Å². The third-order valence-electron chi connectivity index (χ3n) is 12.3. The van der Waals surface area contributed by atoms with Gasteiger partial charge in [0.25, 0.3) is 8.32 Å². The van der Waals surface area contributed by atoms with Crippen LogP contribution in [0.5, 0.6) is 0 Å². The fourth-order valence-electron chi connectivity index (χ4n) is 8.72. The zero-order valence-electron chi connectivity index (χ0n) is 37.3. The molecule has 2 aromatic carbocycles. The third kappa shape index (κ3) is 15.1. The van der Waals surface area contributed by atoms with E-state index in [1.165, 1.54) is 57.8 Å². The van der Waals surface area contributed by atoms with E-state index in [9.17, 15) is 35.5 Å². The minimum atomic E-state index is -6.40. The Labute approximate surface area is 354 Å². The van der Waals surface area contributed by atoms with Crippen molar-refractivity contribution in [3.63, 3.8) is 0 Å². The Morgan fingerprint density at radius 1 is 0.593 bits per heavy atom. The van der Waals surface area contributed by atoms with Crippen molar-refractivity contribution in [1.82, 2.24) is 0 Å². The smallest absolute Gasteiger partial charge is 0.413 e. The van der Waals surface area contributed by atoms with E-state index in [4.69, 9.17) is 8.85 Å². The van der Waals surface area contributed by atoms with Gasteiger partial charge in [-0.15, -0.1) is 0 Å². The van der Waals surface area contributed by atoms with Crippen LogP contribution in [0.3, 0.4) is 0 Å². The van der Waals surface area contributed by atoms with Crippen molar-refractivity contribution in [2.45, 2.75) is 217 Å². The van der Waals surface area contributed by atoms with E-state index in [0.29, 0.717) is 19.1 Å². The van der Waals surface area contributed by atoms with Crippen LogP contribution in [0, 0.1) is 0 Å². The highest BCUT2D eigenvalue weighted by atomic mass is 28.4. The maximum Gasteiger partial charge on any atom is 0.459 e. The number of alkyl halides is 7. The highest BCUT2D eigenvalue weighted by molar-refractivity contribution is 6.99. The van der Waals surface area contributed by atoms with Crippen LogP contribution >= 0.6 is 0 Å². The first-order chi connectivity index (χ1) is 27.6. The maximum atomic E-state index is 14.8. The minimum Gasteiger partial charge on any atom is -0.413 e. The van der Waals surface area contributed by atoms with Crippen LogP contribution in [0.4, 0.5) is 30.7 Å². The lowest BCUT2D eigenvalue weighted by Crippen LogP contribution is -2.67. The van der Waals surface area contributed by atoms with E-state index in [1.807, 2.05) is 36.4 Å². The molecule has 0 bridgehead atoms. The van der Waals surface area contributed by atoms with Gasteiger partial charge in [0.2, 0.25) is 0 Å². The molecule has 12 heteroatoms. The van der Waals surface area contributed by atoms with Crippen LogP contribution < -0.4 is 10.4 Å². The number of rotatable bonds is 30. The summed E-state index contributed by atoms with van der Waals surface area (Å²) < 4.78 is 111. The molecule has 2 aromatic rings. The van der Waals surface area contributed by atoms with Crippen LogP contribution in [0.2, 0.25) is 22.2 Å². The summed E-state index contributed by atoms with van der Waals surface area (Å²) in [4.78, 5) is 12.1. The molecule has 0 fully saturated rings. The molecule has 0 radical (unpaired) electrons. The molecule has 0 aliphatic rings. The first-order valence-electron chi connectivity index (χ1n) is 22.4. The Morgan fingerprint density at radius 2 is 1.02 bits per heavy atom. The molecule has 0 saturated heterocycles. The molecule has 0 spiro atoms. The normalized spacial score (nSPS) is 14.6. The summed E-state index contributed by atoms with van der Waals surface area (Å²) in [7, 11) is -6.49. The quantitative estimate of drug-likeness (QED) is 0.0339. The molecule has 2 atom stereocenters. The predicted octanol–water partition coefficient (Wildman–Crippen LogP) is 14.8. The summed E-state index contributed by atoms with van der Waals surface area (Å²) in [5.41, 5.74) is -0.811. The number of carbonyl (C=O) groups is 1. The lowest BCUT2D eigenvalue weighted by molar-refractivity contribution is -0.354. The lowest BCUT2D eigenvalue weighted by Gasteiger charge is -2.46.